The highest BCUT2D eigenvalue weighted by Gasteiger charge is 2.11. The van der Waals surface area contributed by atoms with Crippen LogP contribution in [-0.2, 0) is 9.78 Å². The lowest BCUT2D eigenvalue weighted by Gasteiger charge is -2.22. The fraction of sp³-hybridized carbons (Fsp3) is 0.500. The molecule has 0 aliphatic heterocycles. The second-order valence-electron chi connectivity index (χ2n) is 4.48. The van der Waals surface area contributed by atoms with Crippen LogP contribution in [0.1, 0.15) is 20.8 Å². The van der Waals surface area contributed by atoms with Gasteiger partial charge in [-0.1, -0.05) is 18.2 Å². The number of nitrogens with zero attached hydrogens (tertiary/aromatic N) is 1. The van der Waals surface area contributed by atoms with Gasteiger partial charge in [-0.3, -0.25) is 0 Å². The van der Waals surface area contributed by atoms with Gasteiger partial charge in [-0.25, -0.2) is 9.78 Å². The summed E-state index contributed by atoms with van der Waals surface area (Å²) >= 11 is 0. The molecule has 0 aromatic heterocycles. The van der Waals surface area contributed by atoms with Crippen molar-refractivity contribution in [2.75, 3.05) is 18.7 Å². The molecule has 1 aromatic rings. The van der Waals surface area contributed by atoms with Crippen LogP contribution in [0.25, 0.3) is 0 Å². The predicted octanol–water partition coefficient (Wildman–Crippen LogP) is 2.83. The molecule has 3 heteroatoms. The number of hydrogen-bond donors (Lipinski definition) is 0. The van der Waals surface area contributed by atoms with E-state index in [-0.39, 0.29) is 5.60 Å². The number of benzene rings is 1. The zero-order chi connectivity index (χ0) is 11.3. The van der Waals surface area contributed by atoms with Gasteiger partial charge in [0.2, 0.25) is 0 Å². The second-order valence-corrected chi connectivity index (χ2v) is 4.48. The molecule has 0 unspecified atom stereocenters. The third-order valence-electron chi connectivity index (χ3n) is 1.75. The van der Waals surface area contributed by atoms with Gasteiger partial charge in [-0.2, -0.15) is 0 Å². The van der Waals surface area contributed by atoms with E-state index < -0.39 is 0 Å². The first-order valence-corrected chi connectivity index (χ1v) is 5.06. The summed E-state index contributed by atoms with van der Waals surface area (Å²) in [6, 6.07) is 10.0. The smallest absolute Gasteiger partial charge is 0.154 e. The summed E-state index contributed by atoms with van der Waals surface area (Å²) < 4.78 is 0. The Kier molecular flexibility index (Phi) is 4.12. The van der Waals surface area contributed by atoms with Gasteiger partial charge in [0.05, 0.1) is 5.60 Å². The lowest BCUT2D eigenvalue weighted by atomic mass is 10.2. The minimum Gasteiger partial charge on any atom is -0.349 e. The Labute approximate surface area is 91.5 Å². The summed E-state index contributed by atoms with van der Waals surface area (Å²) in [5.41, 5.74) is 0.840. The third-order valence-corrected chi connectivity index (χ3v) is 1.75. The van der Waals surface area contributed by atoms with Crippen LogP contribution in [0.3, 0.4) is 0 Å². The van der Waals surface area contributed by atoms with E-state index in [4.69, 9.17) is 9.78 Å². The summed E-state index contributed by atoms with van der Waals surface area (Å²) in [4.78, 5) is 12.3. The van der Waals surface area contributed by atoms with E-state index in [2.05, 4.69) is 0 Å². The summed E-state index contributed by atoms with van der Waals surface area (Å²) in [5.74, 6) is 0. The van der Waals surface area contributed by atoms with E-state index in [1.54, 1.807) is 0 Å². The lowest BCUT2D eigenvalue weighted by molar-refractivity contribution is -0.347. The van der Waals surface area contributed by atoms with Crippen LogP contribution in [0.5, 0.6) is 0 Å². The van der Waals surface area contributed by atoms with E-state index >= 15 is 0 Å². The zero-order valence-corrected chi connectivity index (χ0v) is 9.86. The molecule has 3 nitrogen and oxygen atoms in total. The molecule has 15 heavy (non-hydrogen) atoms. The molecule has 0 saturated carbocycles. The quantitative estimate of drug-likeness (QED) is 0.432. The summed E-state index contributed by atoms with van der Waals surface area (Å²) in [6.45, 7) is 6.28. The van der Waals surface area contributed by atoms with Crippen molar-refractivity contribution in [2.45, 2.75) is 26.4 Å². The largest absolute Gasteiger partial charge is 0.349 e. The van der Waals surface area contributed by atoms with Gasteiger partial charge in [0, 0.05) is 12.7 Å². The Morgan fingerprint density at radius 3 is 2.27 bits per heavy atom. The van der Waals surface area contributed by atoms with Crippen molar-refractivity contribution in [1.29, 1.82) is 0 Å². The number of anilines is 1. The Hall–Kier alpha value is -1.06. The van der Waals surface area contributed by atoms with Gasteiger partial charge in [0.15, 0.2) is 6.73 Å². The number of rotatable bonds is 4. The summed E-state index contributed by atoms with van der Waals surface area (Å²) in [7, 11) is 1.96. The average molecular weight is 209 g/mol. The van der Waals surface area contributed by atoms with Crippen molar-refractivity contribution in [3.63, 3.8) is 0 Å². The number of hydrogen-bond acceptors (Lipinski definition) is 3. The Balaban J connectivity index is 2.34. The van der Waals surface area contributed by atoms with E-state index in [1.165, 1.54) is 0 Å². The molecule has 0 heterocycles. The molecule has 0 atom stereocenters. The monoisotopic (exact) mass is 209 g/mol. The van der Waals surface area contributed by atoms with E-state index in [0.717, 1.165) is 5.69 Å². The van der Waals surface area contributed by atoms with Crippen LogP contribution in [0.15, 0.2) is 30.3 Å². The Morgan fingerprint density at radius 1 is 1.13 bits per heavy atom. The van der Waals surface area contributed by atoms with Crippen molar-refractivity contribution in [2.24, 2.45) is 0 Å². The minimum absolute atomic E-state index is 0.266. The van der Waals surface area contributed by atoms with E-state index in [9.17, 15) is 0 Å². The topological polar surface area (TPSA) is 21.7 Å². The highest BCUT2D eigenvalue weighted by molar-refractivity contribution is 5.44. The molecule has 0 saturated heterocycles. The standard InChI is InChI=1S/C12H19NO2/c1-12(2,3)15-14-10-13(4)11-8-6-5-7-9-11/h5-9H,10H2,1-4H3. The first-order valence-electron chi connectivity index (χ1n) is 5.06. The molecule has 0 fully saturated rings. The van der Waals surface area contributed by atoms with Crippen LogP contribution in [0, 0.1) is 0 Å². The minimum atomic E-state index is -0.266. The maximum absolute atomic E-state index is 5.18. The fourth-order valence-electron chi connectivity index (χ4n) is 1.04. The molecule has 0 bridgehead atoms. The molecule has 0 N–H and O–H groups in total. The first kappa shape index (κ1) is 12.0. The van der Waals surface area contributed by atoms with Crippen molar-refractivity contribution in [1.82, 2.24) is 0 Å². The van der Waals surface area contributed by atoms with Crippen LogP contribution < -0.4 is 4.90 Å². The highest BCUT2D eigenvalue weighted by Crippen LogP contribution is 2.12. The van der Waals surface area contributed by atoms with Crippen LogP contribution in [-0.4, -0.2) is 19.4 Å². The lowest BCUT2D eigenvalue weighted by Crippen LogP contribution is -2.26. The normalized spacial score (nSPS) is 11.5. The van der Waals surface area contributed by atoms with Gasteiger partial charge in [0.25, 0.3) is 0 Å². The first-order chi connectivity index (χ1) is 6.99. The molecule has 0 aliphatic rings. The molecule has 0 spiro atoms. The van der Waals surface area contributed by atoms with Crippen LogP contribution >= 0.6 is 0 Å². The van der Waals surface area contributed by atoms with Crippen molar-refractivity contribution >= 4 is 5.69 Å². The van der Waals surface area contributed by atoms with Crippen molar-refractivity contribution in [3.8, 4) is 0 Å². The van der Waals surface area contributed by atoms with Crippen LogP contribution in [0.4, 0.5) is 5.69 Å². The van der Waals surface area contributed by atoms with Gasteiger partial charge in [-0.05, 0) is 32.9 Å². The molecular weight excluding hydrogens is 190 g/mol. The van der Waals surface area contributed by atoms with E-state index in [1.807, 2.05) is 63.1 Å². The fourth-order valence-corrected chi connectivity index (χ4v) is 1.04. The van der Waals surface area contributed by atoms with Gasteiger partial charge < -0.3 is 4.90 Å². The Morgan fingerprint density at radius 2 is 1.73 bits per heavy atom. The zero-order valence-electron chi connectivity index (χ0n) is 9.86. The highest BCUT2D eigenvalue weighted by atomic mass is 17.2. The third kappa shape index (κ3) is 4.81. The second kappa shape index (κ2) is 5.14. The van der Waals surface area contributed by atoms with Crippen molar-refractivity contribution < 1.29 is 9.78 Å². The summed E-state index contributed by atoms with van der Waals surface area (Å²) in [5, 5.41) is 0. The molecule has 0 amide bonds. The molecule has 84 valence electrons. The molecule has 0 radical (unpaired) electrons. The predicted molar refractivity (Wildman–Crippen MR) is 61.6 cm³/mol. The molecular formula is C12H19NO2. The van der Waals surface area contributed by atoms with Gasteiger partial charge >= 0.3 is 0 Å². The summed E-state index contributed by atoms with van der Waals surface area (Å²) in [6.07, 6.45) is 0. The maximum atomic E-state index is 5.18. The van der Waals surface area contributed by atoms with Gasteiger partial charge in [0.1, 0.15) is 0 Å². The van der Waals surface area contributed by atoms with Crippen molar-refractivity contribution in [3.05, 3.63) is 30.3 Å². The van der Waals surface area contributed by atoms with E-state index in [0.29, 0.717) is 6.73 Å². The molecule has 1 rings (SSSR count). The Bertz CT molecular complexity index is 279. The average Bonchev–Trinajstić information content (AvgIpc) is 2.17. The molecule has 0 aliphatic carbocycles. The molecule has 1 aromatic carbocycles. The van der Waals surface area contributed by atoms with Crippen LogP contribution in [0.2, 0.25) is 0 Å². The maximum Gasteiger partial charge on any atom is 0.154 e. The SMILES string of the molecule is CN(COOC(C)(C)C)c1ccccc1. The number of para-hydroxylation sites is 1. The van der Waals surface area contributed by atoms with Gasteiger partial charge in [-0.15, -0.1) is 0 Å².